The number of fused-ring (bicyclic) bond motifs is 1. The SMILES string of the molecule is COCCN(C)Cc1ccc(-c2ccc3c(=O)n(CC[C@](C)(C(=O)CO)S(C)(=O)=O)cnc3c2)c(F)c1F. The van der Waals surface area contributed by atoms with Crippen molar-refractivity contribution in [2.24, 2.45) is 0 Å². The van der Waals surface area contributed by atoms with Gasteiger partial charge in [0.15, 0.2) is 27.3 Å². The Kier molecular flexibility index (Phi) is 9.13. The molecule has 0 radical (unpaired) electrons. The summed E-state index contributed by atoms with van der Waals surface area (Å²) in [7, 11) is -0.541. The second-order valence-electron chi connectivity index (χ2n) is 9.44. The summed E-state index contributed by atoms with van der Waals surface area (Å²) in [5.41, 5.74) is 0.299. The van der Waals surface area contributed by atoms with Crippen LogP contribution in [0.4, 0.5) is 8.78 Å². The molecule has 2 aromatic carbocycles. The lowest BCUT2D eigenvalue weighted by molar-refractivity contribution is -0.124. The maximum Gasteiger partial charge on any atom is 0.261 e. The highest BCUT2D eigenvalue weighted by atomic mass is 32.2. The summed E-state index contributed by atoms with van der Waals surface area (Å²) in [5.74, 6) is -2.83. The highest BCUT2D eigenvalue weighted by molar-refractivity contribution is 7.92. The van der Waals surface area contributed by atoms with Crippen LogP contribution in [0.15, 0.2) is 41.5 Å². The lowest BCUT2D eigenvalue weighted by atomic mass is 10.0. The van der Waals surface area contributed by atoms with E-state index in [1.165, 1.54) is 48.1 Å². The van der Waals surface area contributed by atoms with Gasteiger partial charge in [0.25, 0.3) is 5.56 Å². The van der Waals surface area contributed by atoms with Crippen molar-refractivity contribution >= 4 is 26.5 Å². The predicted molar refractivity (Wildman–Crippen MR) is 140 cm³/mol. The first-order valence-electron chi connectivity index (χ1n) is 11.8. The number of carbonyl (C=O) groups excluding carboxylic acids is 1. The van der Waals surface area contributed by atoms with Crippen molar-refractivity contribution < 1.29 is 31.8 Å². The van der Waals surface area contributed by atoms with E-state index in [1.807, 2.05) is 4.90 Å². The number of benzene rings is 2. The number of likely N-dealkylation sites (N-methyl/N-ethyl adjacent to an activating group) is 1. The molecule has 1 N–H and O–H groups in total. The fourth-order valence-corrected chi connectivity index (χ4v) is 5.01. The van der Waals surface area contributed by atoms with Gasteiger partial charge in [0, 0.05) is 44.1 Å². The molecule has 0 aliphatic carbocycles. The number of hydrogen-bond donors (Lipinski definition) is 1. The Morgan fingerprint density at radius 3 is 2.55 bits per heavy atom. The molecule has 0 spiro atoms. The topological polar surface area (TPSA) is 119 Å². The maximum absolute atomic E-state index is 15.0. The molecule has 206 valence electrons. The number of halogens is 2. The van der Waals surface area contributed by atoms with E-state index in [0.717, 1.165) is 6.26 Å². The number of hydrogen-bond acceptors (Lipinski definition) is 8. The van der Waals surface area contributed by atoms with E-state index < -0.39 is 44.2 Å². The van der Waals surface area contributed by atoms with Gasteiger partial charge in [-0.3, -0.25) is 19.1 Å². The Morgan fingerprint density at radius 1 is 1.21 bits per heavy atom. The molecule has 3 rings (SSSR count). The van der Waals surface area contributed by atoms with E-state index >= 15 is 0 Å². The molecule has 9 nitrogen and oxygen atoms in total. The third-order valence-electron chi connectivity index (χ3n) is 6.80. The molecule has 0 bridgehead atoms. The number of ketones is 1. The van der Waals surface area contributed by atoms with E-state index in [2.05, 4.69) is 4.98 Å². The van der Waals surface area contributed by atoms with Crippen LogP contribution >= 0.6 is 0 Å². The second-order valence-corrected chi connectivity index (χ2v) is 11.9. The molecule has 0 aliphatic rings. The molecule has 0 aliphatic heterocycles. The number of Topliss-reactive ketones (excluding diaryl/α,β-unsaturated/α-hetero) is 1. The minimum Gasteiger partial charge on any atom is -0.389 e. The van der Waals surface area contributed by atoms with E-state index in [0.29, 0.717) is 18.7 Å². The summed E-state index contributed by atoms with van der Waals surface area (Å²) in [6.45, 7) is 1.34. The van der Waals surface area contributed by atoms with Gasteiger partial charge in [-0.15, -0.1) is 0 Å². The molecule has 1 heterocycles. The highest BCUT2D eigenvalue weighted by Gasteiger charge is 2.42. The largest absolute Gasteiger partial charge is 0.389 e. The number of aromatic nitrogens is 2. The standard InChI is InChI=1S/C26H31F2N3O6S/c1-26(22(33)15-32,38(4,35)36)9-10-31-16-29-21-13-17(5-8-20(21)25(31)34)19-7-6-18(23(27)24(19)28)14-30(2)11-12-37-3/h5-8,13,16,32H,9-12,14-15H2,1-4H3/t26-/m1/s1. The molecule has 0 saturated carbocycles. The van der Waals surface area contributed by atoms with Gasteiger partial charge in [-0.25, -0.2) is 22.2 Å². The number of carbonyl (C=O) groups is 1. The average molecular weight is 552 g/mol. The molecule has 1 aromatic heterocycles. The lowest BCUT2D eigenvalue weighted by Gasteiger charge is -2.25. The molecule has 12 heteroatoms. The van der Waals surface area contributed by atoms with Crippen LogP contribution in [-0.4, -0.2) is 78.7 Å². The Bertz CT molecular complexity index is 1510. The van der Waals surface area contributed by atoms with E-state index in [-0.39, 0.29) is 41.5 Å². The van der Waals surface area contributed by atoms with Gasteiger partial charge in [-0.1, -0.05) is 18.2 Å². The van der Waals surface area contributed by atoms with Crippen molar-refractivity contribution in [3.63, 3.8) is 0 Å². The Morgan fingerprint density at radius 2 is 1.92 bits per heavy atom. The molecule has 0 fully saturated rings. The summed E-state index contributed by atoms with van der Waals surface area (Å²) in [5, 5.41) is 9.40. The van der Waals surface area contributed by atoms with Gasteiger partial charge in [0.05, 0.1) is 23.8 Å². The van der Waals surface area contributed by atoms with Crippen LogP contribution in [0.5, 0.6) is 0 Å². The van der Waals surface area contributed by atoms with Crippen LogP contribution in [0.2, 0.25) is 0 Å². The van der Waals surface area contributed by atoms with Crippen molar-refractivity contribution in [1.29, 1.82) is 0 Å². The summed E-state index contributed by atoms with van der Waals surface area (Å²) in [4.78, 5) is 31.2. The number of sulfone groups is 1. The smallest absolute Gasteiger partial charge is 0.261 e. The van der Waals surface area contributed by atoms with Crippen molar-refractivity contribution in [2.75, 3.05) is 40.2 Å². The minimum atomic E-state index is -3.88. The van der Waals surface area contributed by atoms with Gasteiger partial charge in [0.2, 0.25) is 0 Å². The second kappa shape index (κ2) is 11.8. The summed E-state index contributed by atoms with van der Waals surface area (Å²) >= 11 is 0. The van der Waals surface area contributed by atoms with Gasteiger partial charge >= 0.3 is 0 Å². The normalized spacial score (nSPS) is 13.7. The molecule has 3 aromatic rings. The van der Waals surface area contributed by atoms with Gasteiger partial charge in [-0.05, 0) is 38.1 Å². The van der Waals surface area contributed by atoms with Crippen molar-refractivity contribution in [3.8, 4) is 11.1 Å². The first kappa shape index (κ1) is 29.5. The monoisotopic (exact) mass is 551 g/mol. The number of aliphatic hydroxyl groups is 1. The number of nitrogens with zero attached hydrogens (tertiary/aromatic N) is 3. The highest BCUT2D eigenvalue weighted by Crippen LogP contribution is 2.29. The maximum atomic E-state index is 15.0. The van der Waals surface area contributed by atoms with E-state index in [9.17, 15) is 31.9 Å². The first-order valence-corrected chi connectivity index (χ1v) is 13.7. The number of methoxy groups -OCH3 is 1. The minimum absolute atomic E-state index is 0.0186. The van der Waals surface area contributed by atoms with Crippen LogP contribution in [0.1, 0.15) is 18.9 Å². The number of rotatable bonds is 12. The van der Waals surface area contributed by atoms with Crippen molar-refractivity contribution in [1.82, 2.24) is 14.5 Å². The van der Waals surface area contributed by atoms with E-state index in [4.69, 9.17) is 4.74 Å². The lowest BCUT2D eigenvalue weighted by Crippen LogP contribution is -2.46. The van der Waals surface area contributed by atoms with Crippen LogP contribution in [0.3, 0.4) is 0 Å². The molecule has 38 heavy (non-hydrogen) atoms. The van der Waals surface area contributed by atoms with Crippen LogP contribution < -0.4 is 5.56 Å². The number of ether oxygens (including phenoxy) is 1. The number of aliphatic hydroxyl groups excluding tert-OH is 1. The first-order chi connectivity index (χ1) is 17.8. The zero-order chi connectivity index (χ0) is 28.3. The molecular formula is C26H31F2N3O6S. The van der Waals surface area contributed by atoms with Crippen LogP contribution in [0.25, 0.3) is 22.0 Å². The zero-order valence-corrected chi connectivity index (χ0v) is 22.5. The molecular weight excluding hydrogens is 520 g/mol. The fourth-order valence-electron chi connectivity index (χ4n) is 4.07. The number of aryl methyl sites for hydroxylation is 1. The zero-order valence-electron chi connectivity index (χ0n) is 21.7. The third-order valence-corrected chi connectivity index (χ3v) is 8.87. The Balaban J connectivity index is 1.90. The third kappa shape index (κ3) is 5.98. The van der Waals surface area contributed by atoms with Crippen LogP contribution in [-0.2, 0) is 32.5 Å². The van der Waals surface area contributed by atoms with Crippen molar-refractivity contribution in [3.05, 3.63) is 64.2 Å². The quantitative estimate of drug-likeness (QED) is 0.364. The van der Waals surface area contributed by atoms with Gasteiger partial charge < -0.3 is 9.84 Å². The van der Waals surface area contributed by atoms with Gasteiger partial charge in [0.1, 0.15) is 11.4 Å². The Hall–Kier alpha value is -3.06. The van der Waals surface area contributed by atoms with Gasteiger partial charge in [-0.2, -0.15) is 0 Å². The summed E-state index contributed by atoms with van der Waals surface area (Å²) in [6, 6.07) is 7.38. The summed E-state index contributed by atoms with van der Waals surface area (Å²) in [6.07, 6.45) is 1.86. The van der Waals surface area contributed by atoms with E-state index in [1.54, 1.807) is 14.2 Å². The van der Waals surface area contributed by atoms with Crippen LogP contribution in [0, 0.1) is 11.6 Å². The molecule has 0 unspecified atom stereocenters. The average Bonchev–Trinajstić information content (AvgIpc) is 2.88. The molecule has 1 atom stereocenters. The predicted octanol–water partition coefficient (Wildman–Crippen LogP) is 2.17. The molecule has 0 amide bonds. The Labute approximate surface area is 219 Å². The summed E-state index contributed by atoms with van der Waals surface area (Å²) < 4.78 is 58.6. The van der Waals surface area contributed by atoms with Crippen molar-refractivity contribution in [2.45, 2.75) is 31.2 Å². The fraction of sp³-hybridized carbons (Fsp3) is 0.423. The molecule has 0 saturated heterocycles.